The molecule has 1 aliphatic heterocycles. The van der Waals surface area contributed by atoms with E-state index in [9.17, 15) is 4.79 Å². The molecular formula is C12H25N3O. The molecule has 0 radical (unpaired) electrons. The number of hydrogen-bond acceptors (Lipinski definition) is 3. The molecule has 0 aliphatic carbocycles. The van der Waals surface area contributed by atoms with E-state index < -0.39 is 0 Å². The van der Waals surface area contributed by atoms with Crippen molar-refractivity contribution in [1.82, 2.24) is 10.3 Å². The van der Waals surface area contributed by atoms with Crippen LogP contribution in [-0.4, -0.2) is 30.4 Å². The van der Waals surface area contributed by atoms with E-state index in [0.29, 0.717) is 0 Å². The molecule has 1 unspecified atom stereocenters. The summed E-state index contributed by atoms with van der Waals surface area (Å²) in [5.74, 6) is 6.69. The molecule has 0 aromatic carbocycles. The lowest BCUT2D eigenvalue weighted by atomic mass is 9.86. The van der Waals surface area contributed by atoms with Crippen molar-refractivity contribution in [3.05, 3.63) is 0 Å². The van der Waals surface area contributed by atoms with Crippen LogP contribution in [0.5, 0.6) is 0 Å². The highest BCUT2D eigenvalue weighted by atomic mass is 16.2. The Morgan fingerprint density at radius 2 is 1.94 bits per heavy atom. The number of hydrazine groups is 1. The Balaban J connectivity index is 2.29. The van der Waals surface area contributed by atoms with E-state index in [4.69, 9.17) is 5.84 Å². The highest BCUT2D eigenvalue weighted by molar-refractivity contribution is 5.77. The number of rotatable bonds is 4. The van der Waals surface area contributed by atoms with Crippen LogP contribution in [0.25, 0.3) is 0 Å². The van der Waals surface area contributed by atoms with Crippen molar-refractivity contribution in [2.45, 2.75) is 33.6 Å². The van der Waals surface area contributed by atoms with Gasteiger partial charge in [-0.15, -0.1) is 0 Å². The van der Waals surface area contributed by atoms with Gasteiger partial charge in [-0.25, -0.2) is 5.84 Å². The fourth-order valence-corrected chi connectivity index (χ4v) is 2.41. The quantitative estimate of drug-likeness (QED) is 0.427. The first-order valence-electron chi connectivity index (χ1n) is 6.27. The molecule has 4 heteroatoms. The molecule has 1 rings (SSSR count). The second kappa shape index (κ2) is 6.21. The molecule has 3 N–H and O–H groups in total. The normalized spacial score (nSPS) is 21.1. The first-order valence-corrected chi connectivity index (χ1v) is 6.27. The van der Waals surface area contributed by atoms with Crippen LogP contribution in [0.2, 0.25) is 0 Å². The van der Waals surface area contributed by atoms with Crippen LogP contribution in [0.15, 0.2) is 0 Å². The van der Waals surface area contributed by atoms with Crippen molar-refractivity contribution >= 4 is 5.91 Å². The van der Waals surface area contributed by atoms with Crippen molar-refractivity contribution in [1.29, 1.82) is 0 Å². The van der Waals surface area contributed by atoms with E-state index in [2.05, 4.69) is 24.2 Å². The highest BCUT2D eigenvalue weighted by Gasteiger charge is 2.23. The average molecular weight is 227 g/mol. The van der Waals surface area contributed by atoms with E-state index in [-0.39, 0.29) is 11.8 Å². The third kappa shape index (κ3) is 3.76. The number of carbonyl (C=O) groups is 1. The number of nitrogens with one attached hydrogen (secondary N) is 1. The van der Waals surface area contributed by atoms with Crippen LogP contribution in [0, 0.1) is 17.8 Å². The van der Waals surface area contributed by atoms with Crippen LogP contribution >= 0.6 is 0 Å². The Morgan fingerprint density at radius 3 is 2.38 bits per heavy atom. The summed E-state index contributed by atoms with van der Waals surface area (Å²) in [6.45, 7) is 9.58. The van der Waals surface area contributed by atoms with Gasteiger partial charge in [0.15, 0.2) is 0 Å². The molecule has 0 saturated carbocycles. The zero-order chi connectivity index (χ0) is 12.1. The predicted octanol–water partition coefficient (Wildman–Crippen LogP) is 0.980. The smallest absolute Gasteiger partial charge is 0.237 e. The van der Waals surface area contributed by atoms with E-state index in [0.717, 1.165) is 31.5 Å². The molecule has 1 saturated heterocycles. The molecule has 94 valence electrons. The number of nitrogens with two attached hydrogens (primary N) is 1. The lowest BCUT2D eigenvalue weighted by Gasteiger charge is -2.34. The second-order valence-corrected chi connectivity index (χ2v) is 5.29. The molecule has 1 heterocycles. The SMILES string of the molecule is CC(CN1CCC(C(C)C)CC1)C(=O)NN. The molecule has 1 atom stereocenters. The minimum atomic E-state index is -0.0639. The number of piperidine rings is 1. The molecule has 0 bridgehead atoms. The molecular weight excluding hydrogens is 202 g/mol. The summed E-state index contributed by atoms with van der Waals surface area (Å²) in [5, 5.41) is 0. The monoisotopic (exact) mass is 227 g/mol. The molecule has 1 fully saturated rings. The van der Waals surface area contributed by atoms with E-state index in [1.807, 2.05) is 6.92 Å². The van der Waals surface area contributed by atoms with Gasteiger partial charge in [-0.1, -0.05) is 20.8 Å². The lowest BCUT2D eigenvalue weighted by molar-refractivity contribution is -0.125. The zero-order valence-corrected chi connectivity index (χ0v) is 10.7. The third-order valence-corrected chi connectivity index (χ3v) is 3.70. The van der Waals surface area contributed by atoms with Gasteiger partial charge in [0.05, 0.1) is 0 Å². The van der Waals surface area contributed by atoms with E-state index in [1.165, 1.54) is 12.8 Å². The van der Waals surface area contributed by atoms with E-state index >= 15 is 0 Å². The first kappa shape index (κ1) is 13.5. The standard InChI is InChI=1S/C12H25N3O/c1-9(2)11-4-6-15(7-5-11)8-10(3)12(16)14-13/h9-11H,4-8,13H2,1-3H3,(H,14,16). The Labute approximate surface area is 98.5 Å². The van der Waals surface area contributed by atoms with Gasteiger partial charge < -0.3 is 4.90 Å². The number of likely N-dealkylation sites (tertiary alicyclic amines) is 1. The van der Waals surface area contributed by atoms with Crippen LogP contribution in [0.1, 0.15) is 33.6 Å². The van der Waals surface area contributed by atoms with Gasteiger partial charge in [0, 0.05) is 12.5 Å². The van der Waals surface area contributed by atoms with Crippen LogP contribution < -0.4 is 11.3 Å². The van der Waals surface area contributed by atoms with Crippen molar-refractivity contribution in [2.75, 3.05) is 19.6 Å². The van der Waals surface area contributed by atoms with Crippen molar-refractivity contribution in [3.63, 3.8) is 0 Å². The fourth-order valence-electron chi connectivity index (χ4n) is 2.41. The molecule has 4 nitrogen and oxygen atoms in total. The predicted molar refractivity (Wildman–Crippen MR) is 65.5 cm³/mol. The van der Waals surface area contributed by atoms with E-state index in [1.54, 1.807) is 0 Å². The average Bonchev–Trinajstić information content (AvgIpc) is 2.28. The van der Waals surface area contributed by atoms with Gasteiger partial charge in [-0.05, 0) is 37.8 Å². The summed E-state index contributed by atoms with van der Waals surface area (Å²) in [7, 11) is 0. The lowest BCUT2D eigenvalue weighted by Crippen LogP contribution is -2.43. The van der Waals surface area contributed by atoms with Crippen molar-refractivity contribution < 1.29 is 4.79 Å². The molecule has 0 aromatic rings. The van der Waals surface area contributed by atoms with Gasteiger partial charge >= 0.3 is 0 Å². The number of hydrogen-bond donors (Lipinski definition) is 2. The minimum absolute atomic E-state index is 0.0133. The topological polar surface area (TPSA) is 58.4 Å². The summed E-state index contributed by atoms with van der Waals surface area (Å²) < 4.78 is 0. The summed E-state index contributed by atoms with van der Waals surface area (Å²) in [6.07, 6.45) is 2.52. The summed E-state index contributed by atoms with van der Waals surface area (Å²) in [6, 6.07) is 0. The van der Waals surface area contributed by atoms with Gasteiger partial charge in [0.1, 0.15) is 0 Å². The molecule has 0 aromatic heterocycles. The number of nitrogens with zero attached hydrogens (tertiary/aromatic N) is 1. The van der Waals surface area contributed by atoms with Crippen LogP contribution in [0.4, 0.5) is 0 Å². The van der Waals surface area contributed by atoms with Crippen LogP contribution in [0.3, 0.4) is 0 Å². The maximum atomic E-state index is 11.3. The Bertz CT molecular complexity index is 222. The largest absolute Gasteiger partial charge is 0.303 e. The Kier molecular flexibility index (Phi) is 5.22. The zero-order valence-electron chi connectivity index (χ0n) is 10.7. The van der Waals surface area contributed by atoms with Gasteiger partial charge in [0.25, 0.3) is 0 Å². The van der Waals surface area contributed by atoms with Gasteiger partial charge in [-0.2, -0.15) is 0 Å². The number of carbonyl (C=O) groups excluding carboxylic acids is 1. The minimum Gasteiger partial charge on any atom is -0.303 e. The second-order valence-electron chi connectivity index (χ2n) is 5.29. The molecule has 0 spiro atoms. The van der Waals surface area contributed by atoms with Gasteiger partial charge in [-0.3, -0.25) is 10.2 Å². The fraction of sp³-hybridized carbons (Fsp3) is 0.917. The van der Waals surface area contributed by atoms with Crippen molar-refractivity contribution in [3.8, 4) is 0 Å². The number of amides is 1. The summed E-state index contributed by atoms with van der Waals surface area (Å²) >= 11 is 0. The summed E-state index contributed by atoms with van der Waals surface area (Å²) in [4.78, 5) is 13.7. The first-order chi connectivity index (χ1) is 7.54. The maximum absolute atomic E-state index is 11.3. The molecule has 1 aliphatic rings. The summed E-state index contributed by atoms with van der Waals surface area (Å²) in [5.41, 5.74) is 2.22. The Morgan fingerprint density at radius 1 is 1.38 bits per heavy atom. The highest BCUT2D eigenvalue weighted by Crippen LogP contribution is 2.24. The third-order valence-electron chi connectivity index (χ3n) is 3.70. The Hall–Kier alpha value is -0.610. The van der Waals surface area contributed by atoms with Crippen molar-refractivity contribution in [2.24, 2.45) is 23.6 Å². The van der Waals surface area contributed by atoms with Gasteiger partial charge in [0.2, 0.25) is 5.91 Å². The maximum Gasteiger partial charge on any atom is 0.237 e. The molecule has 16 heavy (non-hydrogen) atoms. The van der Waals surface area contributed by atoms with Crippen LogP contribution in [-0.2, 0) is 4.79 Å². The molecule has 1 amide bonds.